The number of nitrogens with one attached hydrogen (secondary N) is 1. The summed E-state index contributed by atoms with van der Waals surface area (Å²) in [5.74, 6) is 0. The molecule has 0 aliphatic heterocycles. The summed E-state index contributed by atoms with van der Waals surface area (Å²) in [6.07, 6.45) is 0. The first-order chi connectivity index (χ1) is 2.89. The molecule has 0 aliphatic carbocycles. The largest absolute Gasteiger partial charge is 0.278 e. The third-order valence-electron chi connectivity index (χ3n) is 0.447. The molecule has 0 aliphatic rings. The fourth-order valence-electron chi connectivity index (χ4n) is 0.222. The summed E-state index contributed by atoms with van der Waals surface area (Å²) in [7, 11) is 0. The van der Waals surface area contributed by atoms with Crippen LogP contribution in [-0.4, -0.2) is 4.37 Å². The maximum atomic E-state index is 10.0. The zero-order chi connectivity index (χ0) is 4.41. The summed E-state index contributed by atoms with van der Waals surface area (Å²) in [6.45, 7) is 0. The van der Waals surface area contributed by atoms with Crippen molar-refractivity contribution in [2.24, 2.45) is 0 Å². The van der Waals surface area contributed by atoms with Crippen LogP contribution in [-0.2, 0) is 17.1 Å². The molecule has 0 atom stereocenters. The van der Waals surface area contributed by atoms with Crippen LogP contribution in [0.2, 0.25) is 0 Å². The second kappa shape index (κ2) is 3.02. The van der Waals surface area contributed by atoms with Gasteiger partial charge in [0.2, 0.25) is 0 Å². The van der Waals surface area contributed by atoms with E-state index in [9.17, 15) is 4.79 Å². The van der Waals surface area contributed by atoms with Gasteiger partial charge in [0.25, 0.3) is 5.56 Å². The molecule has 0 bridgehead atoms. The van der Waals surface area contributed by atoms with Gasteiger partial charge in [0.05, 0.1) is 0 Å². The van der Waals surface area contributed by atoms with Crippen molar-refractivity contribution in [3.8, 4) is 0 Å². The van der Waals surface area contributed by atoms with Gasteiger partial charge in [-0.2, -0.15) is 0 Å². The first-order valence-electron chi connectivity index (χ1n) is 1.52. The molecule has 0 unspecified atom stereocenters. The summed E-state index contributed by atoms with van der Waals surface area (Å²) in [5, 5.41) is 1.71. The third kappa shape index (κ3) is 1.92. The van der Waals surface area contributed by atoms with E-state index in [0.29, 0.717) is 0 Å². The Morgan fingerprint density at radius 1 is 1.71 bits per heavy atom. The minimum Gasteiger partial charge on any atom is -0.278 e. The van der Waals surface area contributed by atoms with E-state index in [0.717, 1.165) is 0 Å². The molecule has 1 N–H and O–H groups in total. The van der Waals surface area contributed by atoms with Gasteiger partial charge in [-0.1, -0.05) is 11.5 Å². The molecule has 1 aromatic rings. The fraction of sp³-hybridized carbons (Fsp3) is 0. The molecule has 4 heteroatoms. The van der Waals surface area contributed by atoms with Gasteiger partial charge in [-0.15, -0.1) is 0 Å². The van der Waals surface area contributed by atoms with Crippen LogP contribution in [0.25, 0.3) is 0 Å². The van der Waals surface area contributed by atoms with E-state index in [1.165, 1.54) is 17.6 Å². The molecular formula is C3H3FeNOS. The molecule has 0 aromatic carbocycles. The van der Waals surface area contributed by atoms with Crippen LogP contribution in [0, 0.1) is 0 Å². The van der Waals surface area contributed by atoms with Crippen LogP contribution in [0.1, 0.15) is 0 Å². The summed E-state index contributed by atoms with van der Waals surface area (Å²) in [5.41, 5.74) is -0.0139. The Labute approximate surface area is 55.2 Å². The third-order valence-corrected chi connectivity index (χ3v) is 1.04. The monoisotopic (exact) mass is 157 g/mol. The van der Waals surface area contributed by atoms with E-state index < -0.39 is 0 Å². The Morgan fingerprint density at radius 3 is 2.57 bits per heavy atom. The first-order valence-corrected chi connectivity index (χ1v) is 2.40. The molecule has 0 fully saturated rings. The van der Waals surface area contributed by atoms with Gasteiger partial charge in [0.15, 0.2) is 0 Å². The van der Waals surface area contributed by atoms with Crippen LogP contribution in [0.3, 0.4) is 0 Å². The number of aromatic nitrogens is 1. The zero-order valence-electron chi connectivity index (χ0n) is 3.32. The molecule has 1 heterocycles. The van der Waals surface area contributed by atoms with E-state index in [1.54, 1.807) is 5.38 Å². The average Bonchev–Trinajstić information content (AvgIpc) is 1.86. The van der Waals surface area contributed by atoms with Crippen LogP contribution >= 0.6 is 11.5 Å². The first kappa shape index (κ1) is 6.95. The van der Waals surface area contributed by atoms with Crippen LogP contribution < -0.4 is 5.56 Å². The van der Waals surface area contributed by atoms with Gasteiger partial charge in [0, 0.05) is 28.5 Å². The van der Waals surface area contributed by atoms with Crippen LogP contribution in [0.5, 0.6) is 0 Å². The summed E-state index contributed by atoms with van der Waals surface area (Å²) >= 11 is 1.30. The predicted molar refractivity (Wildman–Crippen MR) is 24.9 cm³/mol. The number of aromatic amines is 1. The molecule has 0 spiro atoms. The van der Waals surface area contributed by atoms with Crippen LogP contribution in [0.15, 0.2) is 16.2 Å². The second-order valence-corrected chi connectivity index (χ2v) is 1.60. The molecule has 40 valence electrons. The van der Waals surface area contributed by atoms with Gasteiger partial charge in [-0.25, -0.2) is 0 Å². The Kier molecular flexibility index (Phi) is 3.00. The van der Waals surface area contributed by atoms with E-state index >= 15 is 0 Å². The maximum absolute atomic E-state index is 10.0. The molecule has 2 nitrogen and oxygen atoms in total. The van der Waals surface area contributed by atoms with Crippen molar-refractivity contribution in [2.75, 3.05) is 0 Å². The molecular weight excluding hydrogens is 154 g/mol. The Balaban J connectivity index is 0.000000360. The fourth-order valence-corrected chi connectivity index (χ4v) is 0.666. The molecule has 0 radical (unpaired) electrons. The predicted octanol–water partition coefficient (Wildman–Crippen LogP) is 0.434. The normalized spacial score (nSPS) is 7.43. The summed E-state index contributed by atoms with van der Waals surface area (Å²) < 4.78 is 2.49. The van der Waals surface area contributed by atoms with Crippen molar-refractivity contribution in [2.45, 2.75) is 0 Å². The van der Waals surface area contributed by atoms with E-state index in [4.69, 9.17) is 0 Å². The summed E-state index contributed by atoms with van der Waals surface area (Å²) in [6, 6.07) is 1.49. The van der Waals surface area contributed by atoms with Gasteiger partial charge < -0.3 is 0 Å². The molecule has 1 aromatic heterocycles. The Bertz CT molecular complexity index is 153. The Morgan fingerprint density at radius 2 is 2.43 bits per heavy atom. The molecule has 0 saturated carbocycles. The van der Waals surface area contributed by atoms with Crippen molar-refractivity contribution in [1.29, 1.82) is 0 Å². The minimum absolute atomic E-state index is 0. The molecule has 0 amide bonds. The smallest absolute Gasteiger partial charge is 0.257 e. The summed E-state index contributed by atoms with van der Waals surface area (Å²) in [4.78, 5) is 10.0. The van der Waals surface area contributed by atoms with Crippen molar-refractivity contribution in [3.63, 3.8) is 0 Å². The van der Waals surface area contributed by atoms with Crippen molar-refractivity contribution in [3.05, 3.63) is 21.8 Å². The van der Waals surface area contributed by atoms with Gasteiger partial charge in [-0.3, -0.25) is 9.17 Å². The SMILES string of the molecule is O=c1ccs[nH]1.[Fe]. The topological polar surface area (TPSA) is 32.9 Å². The van der Waals surface area contributed by atoms with Gasteiger partial charge in [-0.05, 0) is 0 Å². The van der Waals surface area contributed by atoms with Gasteiger partial charge in [0.1, 0.15) is 0 Å². The van der Waals surface area contributed by atoms with E-state index in [-0.39, 0.29) is 22.6 Å². The average molecular weight is 157 g/mol. The number of hydrogen-bond acceptors (Lipinski definition) is 2. The van der Waals surface area contributed by atoms with E-state index in [1.807, 2.05) is 0 Å². The van der Waals surface area contributed by atoms with Gasteiger partial charge >= 0.3 is 0 Å². The number of H-pyrrole nitrogens is 1. The molecule has 0 saturated heterocycles. The molecule has 1 rings (SSSR count). The zero-order valence-corrected chi connectivity index (χ0v) is 5.25. The minimum atomic E-state index is -0.0139. The Hall–Kier alpha value is -0.0505. The second-order valence-electron chi connectivity index (χ2n) is 0.887. The van der Waals surface area contributed by atoms with Crippen molar-refractivity contribution >= 4 is 11.5 Å². The molecule has 7 heavy (non-hydrogen) atoms. The maximum Gasteiger partial charge on any atom is 0.257 e. The number of rotatable bonds is 0. The van der Waals surface area contributed by atoms with Crippen molar-refractivity contribution in [1.82, 2.24) is 4.37 Å². The quantitative estimate of drug-likeness (QED) is 0.544. The standard InChI is InChI=1S/C3H3NOS.Fe/c5-3-1-2-6-4-3;/h1-2H,(H,4,5);. The number of hydrogen-bond donors (Lipinski definition) is 1. The van der Waals surface area contributed by atoms with Crippen LogP contribution in [0.4, 0.5) is 0 Å². The van der Waals surface area contributed by atoms with Crippen molar-refractivity contribution < 1.29 is 17.1 Å². The van der Waals surface area contributed by atoms with E-state index in [2.05, 4.69) is 4.37 Å².